The van der Waals surface area contributed by atoms with Crippen LogP contribution < -0.4 is 4.74 Å². The number of carboxylic acids is 1. The Kier molecular flexibility index (Phi) is 8.41. The molecule has 2 aromatic rings. The van der Waals surface area contributed by atoms with Gasteiger partial charge in [0.25, 0.3) is 0 Å². The third-order valence-electron chi connectivity index (χ3n) is 9.29. The molecule has 0 bridgehead atoms. The molecule has 0 radical (unpaired) electrons. The average molecular weight is 640 g/mol. The Bertz CT molecular complexity index is 1510. The number of carboxylic acid groups (broad SMARTS) is 1. The van der Waals surface area contributed by atoms with Crippen molar-refractivity contribution < 1.29 is 50.5 Å². The van der Waals surface area contributed by atoms with Crippen LogP contribution in [0, 0.1) is 11.3 Å². The zero-order chi connectivity index (χ0) is 33.1. The van der Waals surface area contributed by atoms with Crippen molar-refractivity contribution in [1.82, 2.24) is 4.90 Å². The summed E-state index contributed by atoms with van der Waals surface area (Å²) in [6.07, 6.45) is -8.73. The van der Waals surface area contributed by atoms with E-state index >= 15 is 0 Å². The Morgan fingerprint density at radius 1 is 1.02 bits per heavy atom. The summed E-state index contributed by atoms with van der Waals surface area (Å²) >= 11 is 0. The van der Waals surface area contributed by atoms with Gasteiger partial charge in [-0.3, -0.25) is 9.69 Å². The fraction of sp³-hybridized carbons (Fsp3) is 0.515. The molecule has 12 heteroatoms. The predicted molar refractivity (Wildman–Crippen MR) is 153 cm³/mol. The van der Waals surface area contributed by atoms with E-state index in [-0.39, 0.29) is 23.6 Å². The maximum absolute atomic E-state index is 13.6. The normalized spacial score (nSPS) is 23.6. The lowest BCUT2D eigenvalue weighted by atomic mass is 9.72. The molecule has 1 heterocycles. The van der Waals surface area contributed by atoms with Gasteiger partial charge in [0, 0.05) is 12.1 Å². The number of halogens is 6. The van der Waals surface area contributed by atoms with Gasteiger partial charge < -0.3 is 14.6 Å². The molecule has 6 nitrogen and oxygen atoms in total. The zero-order valence-corrected chi connectivity index (χ0v) is 25.4. The van der Waals surface area contributed by atoms with Gasteiger partial charge in [0.15, 0.2) is 0 Å². The molecular formula is C33H35F6NO5. The van der Waals surface area contributed by atoms with Crippen LogP contribution in [0.4, 0.5) is 31.1 Å². The lowest BCUT2D eigenvalue weighted by Crippen LogP contribution is -2.35. The molecule has 45 heavy (non-hydrogen) atoms. The van der Waals surface area contributed by atoms with Crippen LogP contribution >= 0.6 is 0 Å². The van der Waals surface area contributed by atoms with Crippen LogP contribution in [0.1, 0.15) is 85.9 Å². The minimum atomic E-state index is -5.03. The Labute approximate surface area is 257 Å². The summed E-state index contributed by atoms with van der Waals surface area (Å²) in [7, 11) is 1.55. The van der Waals surface area contributed by atoms with Gasteiger partial charge in [0.1, 0.15) is 11.9 Å². The molecule has 0 aromatic heterocycles. The molecule has 5 rings (SSSR count). The first-order valence-corrected chi connectivity index (χ1v) is 14.8. The molecular weight excluding hydrogens is 604 g/mol. The SMILES string of the molecule is COc1cc2c(cc1C1=C(CN3C(=O)O[C@H](c4cc(C(F)(F)F)cc(C(F)(F)F)c4)[C@@H]3C)CC(C)(C)CC1)CC(C(=O)O)CC2. The molecule has 0 spiro atoms. The summed E-state index contributed by atoms with van der Waals surface area (Å²) in [4.78, 5) is 26.3. The number of hydrogen-bond acceptors (Lipinski definition) is 4. The predicted octanol–water partition coefficient (Wildman–Crippen LogP) is 8.47. The lowest BCUT2D eigenvalue weighted by Gasteiger charge is -2.36. The van der Waals surface area contributed by atoms with Gasteiger partial charge in [0.2, 0.25) is 0 Å². The van der Waals surface area contributed by atoms with Crippen molar-refractivity contribution in [3.8, 4) is 5.75 Å². The molecule has 1 aliphatic heterocycles. The molecule has 3 atom stereocenters. The fourth-order valence-corrected chi connectivity index (χ4v) is 6.80. The van der Waals surface area contributed by atoms with E-state index in [0.717, 1.165) is 34.3 Å². The number of fused-ring (bicyclic) bond motifs is 1. The van der Waals surface area contributed by atoms with E-state index in [4.69, 9.17) is 9.47 Å². The number of ether oxygens (including phenoxy) is 2. The number of aliphatic carboxylic acids is 1. The molecule has 1 saturated heterocycles. The second kappa shape index (κ2) is 11.6. The Morgan fingerprint density at radius 3 is 2.24 bits per heavy atom. The van der Waals surface area contributed by atoms with Crippen LogP contribution in [0.25, 0.3) is 5.57 Å². The molecule has 2 aliphatic carbocycles. The number of allylic oxidation sites excluding steroid dienone is 1. The van der Waals surface area contributed by atoms with E-state index in [1.54, 1.807) is 14.0 Å². The van der Waals surface area contributed by atoms with Crippen LogP contribution in [-0.2, 0) is 34.7 Å². The molecule has 1 N–H and O–H groups in total. The first-order chi connectivity index (χ1) is 20.9. The van der Waals surface area contributed by atoms with Gasteiger partial charge in [0.05, 0.1) is 30.2 Å². The standard InChI is InChI=1S/C33H35F6NO5/c1-17-28(21-10-23(32(34,35)36)14-24(11-21)33(37,38)39)45-30(43)40(17)16-22-15-31(2,3)8-7-25(22)26-12-20-9-19(29(41)42)6-5-18(20)13-27(26)44-4/h10-14,17,19,28H,5-9,15-16H2,1-4H3,(H,41,42)/t17-,19?,28-/m0/s1. The van der Waals surface area contributed by atoms with E-state index in [0.29, 0.717) is 50.0 Å². The minimum Gasteiger partial charge on any atom is -0.496 e. The van der Waals surface area contributed by atoms with Gasteiger partial charge in [-0.15, -0.1) is 0 Å². The van der Waals surface area contributed by atoms with Crippen LogP contribution in [0.3, 0.4) is 0 Å². The van der Waals surface area contributed by atoms with Gasteiger partial charge in [-0.05, 0) is 109 Å². The number of rotatable bonds is 6. The summed E-state index contributed by atoms with van der Waals surface area (Å²) < 4.78 is 92.5. The van der Waals surface area contributed by atoms with Gasteiger partial charge in [-0.25, -0.2) is 4.79 Å². The molecule has 0 saturated carbocycles. The van der Waals surface area contributed by atoms with E-state index in [1.165, 1.54) is 4.90 Å². The van der Waals surface area contributed by atoms with E-state index in [9.17, 15) is 41.0 Å². The van der Waals surface area contributed by atoms with Crippen molar-refractivity contribution in [3.05, 3.63) is 69.3 Å². The zero-order valence-electron chi connectivity index (χ0n) is 25.4. The quantitative estimate of drug-likeness (QED) is 0.321. The summed E-state index contributed by atoms with van der Waals surface area (Å²) in [5.41, 5.74) is 1.04. The Balaban J connectivity index is 1.52. The summed E-state index contributed by atoms with van der Waals surface area (Å²) in [6.45, 7) is 5.77. The van der Waals surface area contributed by atoms with E-state index in [1.807, 2.05) is 12.1 Å². The van der Waals surface area contributed by atoms with Gasteiger partial charge >= 0.3 is 24.4 Å². The third kappa shape index (κ3) is 6.65. The Hall–Kier alpha value is -3.70. The van der Waals surface area contributed by atoms with Crippen LogP contribution in [0.15, 0.2) is 35.9 Å². The summed E-state index contributed by atoms with van der Waals surface area (Å²) in [5.74, 6) is -0.729. The van der Waals surface area contributed by atoms with Crippen molar-refractivity contribution in [3.63, 3.8) is 0 Å². The number of nitrogens with zero attached hydrogens (tertiary/aromatic N) is 1. The second-order valence-electron chi connectivity index (χ2n) is 13.0. The van der Waals surface area contributed by atoms with Crippen molar-refractivity contribution in [2.45, 2.75) is 83.8 Å². The molecule has 1 fully saturated rings. The van der Waals surface area contributed by atoms with Gasteiger partial charge in [-0.2, -0.15) is 26.3 Å². The number of alkyl halides is 6. The van der Waals surface area contributed by atoms with E-state index < -0.39 is 53.6 Å². The molecule has 2 aromatic carbocycles. The number of amides is 1. The summed E-state index contributed by atoms with van der Waals surface area (Å²) in [6, 6.07) is 4.28. The number of benzene rings is 2. The van der Waals surface area contributed by atoms with Crippen molar-refractivity contribution in [1.29, 1.82) is 0 Å². The molecule has 244 valence electrons. The topological polar surface area (TPSA) is 76.1 Å². The molecule has 3 aliphatic rings. The smallest absolute Gasteiger partial charge is 0.416 e. The largest absolute Gasteiger partial charge is 0.496 e. The van der Waals surface area contributed by atoms with E-state index in [2.05, 4.69) is 13.8 Å². The minimum absolute atomic E-state index is 0.0501. The Morgan fingerprint density at radius 2 is 1.67 bits per heavy atom. The van der Waals surface area contributed by atoms with Crippen LogP contribution in [0.5, 0.6) is 5.75 Å². The fourth-order valence-electron chi connectivity index (χ4n) is 6.80. The van der Waals surface area contributed by atoms with Gasteiger partial charge in [-0.1, -0.05) is 13.8 Å². The number of carbonyl (C=O) groups is 2. The maximum atomic E-state index is 13.6. The highest BCUT2D eigenvalue weighted by Gasteiger charge is 2.44. The molecule has 1 amide bonds. The number of methoxy groups -OCH3 is 1. The summed E-state index contributed by atoms with van der Waals surface area (Å²) in [5, 5.41) is 9.61. The van der Waals surface area contributed by atoms with Crippen LogP contribution in [-0.4, -0.2) is 41.8 Å². The van der Waals surface area contributed by atoms with Crippen LogP contribution in [0.2, 0.25) is 0 Å². The highest BCUT2D eigenvalue weighted by molar-refractivity contribution is 5.78. The third-order valence-corrected chi connectivity index (χ3v) is 9.29. The number of hydrogen-bond donors (Lipinski definition) is 1. The maximum Gasteiger partial charge on any atom is 0.416 e. The molecule has 1 unspecified atom stereocenters. The number of carbonyl (C=O) groups excluding carboxylic acids is 1. The lowest BCUT2D eigenvalue weighted by molar-refractivity contribution is -0.144. The van der Waals surface area contributed by atoms with Crippen molar-refractivity contribution in [2.75, 3.05) is 13.7 Å². The second-order valence-corrected chi connectivity index (χ2v) is 13.0. The van der Waals surface area contributed by atoms with Crippen molar-refractivity contribution >= 4 is 17.6 Å². The average Bonchev–Trinajstić information content (AvgIpc) is 3.23. The highest BCUT2D eigenvalue weighted by atomic mass is 19.4. The highest BCUT2D eigenvalue weighted by Crippen LogP contribution is 2.47. The monoisotopic (exact) mass is 639 g/mol. The first kappa shape index (κ1) is 32.7. The number of cyclic esters (lactones) is 1. The number of aryl methyl sites for hydroxylation is 1. The first-order valence-electron chi connectivity index (χ1n) is 14.8. The van der Waals surface area contributed by atoms with Crippen molar-refractivity contribution in [2.24, 2.45) is 11.3 Å².